The first kappa shape index (κ1) is 23.4. The number of para-hydroxylation sites is 1. The summed E-state index contributed by atoms with van der Waals surface area (Å²) in [4.78, 5) is 45.8. The van der Waals surface area contributed by atoms with Gasteiger partial charge in [-0.05, 0) is 29.3 Å². The highest BCUT2D eigenvalue weighted by Gasteiger charge is 2.71. The van der Waals surface area contributed by atoms with E-state index < -0.39 is 23.4 Å². The summed E-state index contributed by atoms with van der Waals surface area (Å²) >= 11 is 0. The van der Waals surface area contributed by atoms with E-state index in [1.54, 1.807) is 55.6 Å². The van der Waals surface area contributed by atoms with Crippen LogP contribution in [0.2, 0.25) is 0 Å². The lowest BCUT2D eigenvalue weighted by atomic mass is 9.64. The molecule has 1 aliphatic carbocycles. The van der Waals surface area contributed by atoms with Crippen molar-refractivity contribution in [1.29, 1.82) is 0 Å². The summed E-state index contributed by atoms with van der Waals surface area (Å²) in [5.41, 5.74) is 2.38. The standard InChI is InChI=1S/C34H25NO4/c1-39-24-14-9-13-23(20-24)31(36)30-29(22-11-3-2-4-12-22)34(32(37)25-15-6-7-16-26(25)33(34)38)28-19-18-21-10-5-8-17-27(21)35(28)30/h2-20,28-30H,1H3/t28-,29-,30-/m0/s1. The molecule has 0 N–H and O–H groups in total. The van der Waals surface area contributed by atoms with Gasteiger partial charge in [0.15, 0.2) is 17.3 Å². The predicted molar refractivity (Wildman–Crippen MR) is 150 cm³/mol. The van der Waals surface area contributed by atoms with Crippen LogP contribution in [0.25, 0.3) is 6.08 Å². The molecule has 3 atom stereocenters. The van der Waals surface area contributed by atoms with Crippen molar-refractivity contribution in [3.8, 4) is 5.75 Å². The molecule has 0 radical (unpaired) electrons. The Labute approximate surface area is 226 Å². The number of fused-ring (bicyclic) bond motifs is 5. The van der Waals surface area contributed by atoms with Gasteiger partial charge < -0.3 is 9.64 Å². The van der Waals surface area contributed by atoms with Crippen molar-refractivity contribution in [1.82, 2.24) is 0 Å². The second-order valence-corrected chi connectivity index (χ2v) is 10.3. The van der Waals surface area contributed by atoms with E-state index >= 15 is 0 Å². The molecule has 0 aromatic heterocycles. The summed E-state index contributed by atoms with van der Waals surface area (Å²) in [6, 6.07) is 30.1. The van der Waals surface area contributed by atoms with E-state index in [9.17, 15) is 14.4 Å². The first-order chi connectivity index (χ1) is 19.1. The number of Topliss-reactive ketones (excluding diaryl/α,β-unsaturated/α-hetero) is 3. The molecule has 39 heavy (non-hydrogen) atoms. The number of carbonyl (C=O) groups excluding carboxylic acids is 3. The maximum atomic E-state index is 14.6. The molecular weight excluding hydrogens is 486 g/mol. The highest BCUT2D eigenvalue weighted by atomic mass is 16.5. The van der Waals surface area contributed by atoms with E-state index in [2.05, 4.69) is 0 Å². The number of carbonyl (C=O) groups is 3. The van der Waals surface area contributed by atoms with Crippen molar-refractivity contribution in [3.63, 3.8) is 0 Å². The fraction of sp³-hybridized carbons (Fsp3) is 0.147. The number of anilines is 1. The molecule has 0 bridgehead atoms. The Bertz CT molecular complexity index is 1650. The SMILES string of the molecule is COc1cccc(C(=O)[C@@H]2[C@H](c3ccccc3)C3(C(=O)c4ccccc4C3=O)[C@@H]3C=Cc4ccccc4N23)c1. The molecule has 5 heteroatoms. The minimum atomic E-state index is -1.49. The molecule has 2 aliphatic heterocycles. The number of hydrogen-bond donors (Lipinski definition) is 0. The van der Waals surface area contributed by atoms with Gasteiger partial charge in [0.25, 0.3) is 0 Å². The number of nitrogens with zero attached hydrogens (tertiary/aromatic N) is 1. The van der Waals surface area contributed by atoms with Crippen LogP contribution in [0.4, 0.5) is 5.69 Å². The van der Waals surface area contributed by atoms with Gasteiger partial charge in [-0.25, -0.2) is 0 Å². The molecule has 0 saturated carbocycles. The maximum absolute atomic E-state index is 14.6. The zero-order chi connectivity index (χ0) is 26.7. The fourth-order valence-electron chi connectivity index (χ4n) is 6.90. The van der Waals surface area contributed by atoms with Crippen LogP contribution in [0.15, 0.2) is 109 Å². The Morgan fingerprint density at radius 2 is 1.46 bits per heavy atom. The molecule has 5 nitrogen and oxygen atoms in total. The van der Waals surface area contributed by atoms with Gasteiger partial charge in [0.1, 0.15) is 17.2 Å². The van der Waals surface area contributed by atoms with E-state index in [1.165, 1.54) is 0 Å². The molecule has 1 fully saturated rings. The average molecular weight is 512 g/mol. The average Bonchev–Trinajstić information content (AvgIpc) is 3.43. The van der Waals surface area contributed by atoms with E-state index in [-0.39, 0.29) is 17.3 Å². The fourth-order valence-corrected chi connectivity index (χ4v) is 6.90. The Morgan fingerprint density at radius 1 is 0.795 bits per heavy atom. The lowest BCUT2D eigenvalue weighted by molar-refractivity contribution is 0.0666. The van der Waals surface area contributed by atoms with Crippen molar-refractivity contribution in [2.45, 2.75) is 18.0 Å². The molecule has 3 aliphatic rings. The van der Waals surface area contributed by atoms with Crippen LogP contribution < -0.4 is 9.64 Å². The van der Waals surface area contributed by atoms with Crippen molar-refractivity contribution in [2.75, 3.05) is 12.0 Å². The van der Waals surface area contributed by atoms with Crippen molar-refractivity contribution in [3.05, 3.63) is 137 Å². The predicted octanol–water partition coefficient (Wildman–Crippen LogP) is 6.01. The molecule has 1 saturated heterocycles. The Hall–Kier alpha value is -4.77. The van der Waals surface area contributed by atoms with Crippen molar-refractivity contribution >= 4 is 29.1 Å². The number of hydrogen-bond acceptors (Lipinski definition) is 5. The molecule has 4 aromatic carbocycles. The molecule has 7 rings (SSSR count). The number of benzene rings is 4. The van der Waals surface area contributed by atoms with Crippen LogP contribution in [0.3, 0.4) is 0 Å². The summed E-state index contributed by atoms with van der Waals surface area (Å²) in [5, 5.41) is 0. The summed E-state index contributed by atoms with van der Waals surface area (Å²) in [7, 11) is 1.57. The summed E-state index contributed by atoms with van der Waals surface area (Å²) < 4.78 is 5.43. The van der Waals surface area contributed by atoms with Crippen LogP contribution in [0.5, 0.6) is 5.75 Å². The third kappa shape index (κ3) is 3.10. The minimum Gasteiger partial charge on any atom is -0.497 e. The van der Waals surface area contributed by atoms with Crippen LogP contribution in [0, 0.1) is 5.41 Å². The molecule has 0 amide bonds. The number of ether oxygens (including phenoxy) is 1. The monoisotopic (exact) mass is 511 g/mol. The van der Waals surface area contributed by atoms with Crippen LogP contribution in [0.1, 0.15) is 48.1 Å². The topological polar surface area (TPSA) is 63.7 Å². The van der Waals surface area contributed by atoms with Gasteiger partial charge in [0.2, 0.25) is 0 Å². The minimum absolute atomic E-state index is 0.161. The van der Waals surface area contributed by atoms with Gasteiger partial charge in [-0.15, -0.1) is 0 Å². The van der Waals surface area contributed by atoms with Gasteiger partial charge in [-0.2, -0.15) is 0 Å². The molecule has 2 heterocycles. The van der Waals surface area contributed by atoms with E-state index in [0.29, 0.717) is 22.4 Å². The quantitative estimate of drug-likeness (QED) is 0.248. The highest BCUT2D eigenvalue weighted by molar-refractivity contribution is 6.32. The molecule has 0 unspecified atom stereocenters. The molecule has 190 valence electrons. The third-order valence-electron chi connectivity index (χ3n) is 8.49. The molecule has 1 spiro atoms. The number of rotatable bonds is 4. The maximum Gasteiger partial charge on any atom is 0.186 e. The Balaban J connectivity index is 1.54. The van der Waals surface area contributed by atoms with E-state index in [0.717, 1.165) is 16.8 Å². The zero-order valence-corrected chi connectivity index (χ0v) is 21.3. The van der Waals surface area contributed by atoms with Crippen LogP contribution in [-0.2, 0) is 0 Å². The second kappa shape index (κ2) is 8.63. The number of ketones is 3. The first-order valence-electron chi connectivity index (χ1n) is 13.0. The lowest BCUT2D eigenvalue weighted by Gasteiger charge is -2.37. The second-order valence-electron chi connectivity index (χ2n) is 10.3. The van der Waals surface area contributed by atoms with Gasteiger partial charge in [-0.3, -0.25) is 14.4 Å². The van der Waals surface area contributed by atoms with Crippen LogP contribution >= 0.6 is 0 Å². The summed E-state index contributed by atoms with van der Waals surface area (Å²) in [6.45, 7) is 0. The van der Waals surface area contributed by atoms with E-state index in [1.807, 2.05) is 71.6 Å². The lowest BCUT2D eigenvalue weighted by Crippen LogP contribution is -2.48. The first-order valence-corrected chi connectivity index (χ1v) is 13.0. The van der Waals surface area contributed by atoms with Crippen molar-refractivity contribution < 1.29 is 19.1 Å². The zero-order valence-electron chi connectivity index (χ0n) is 21.3. The van der Waals surface area contributed by atoms with E-state index in [4.69, 9.17) is 4.74 Å². The largest absolute Gasteiger partial charge is 0.497 e. The molecular formula is C34H25NO4. The number of methoxy groups -OCH3 is 1. The van der Waals surface area contributed by atoms with Crippen molar-refractivity contribution in [2.24, 2.45) is 5.41 Å². The normalized spacial score (nSPS) is 22.0. The molecule has 4 aromatic rings. The third-order valence-corrected chi connectivity index (χ3v) is 8.49. The van der Waals surface area contributed by atoms with Gasteiger partial charge in [0, 0.05) is 28.3 Å². The summed E-state index contributed by atoms with van der Waals surface area (Å²) in [6.07, 6.45) is 3.92. The Kier molecular flexibility index (Phi) is 5.17. The Morgan fingerprint density at radius 3 is 2.18 bits per heavy atom. The smallest absolute Gasteiger partial charge is 0.186 e. The summed E-state index contributed by atoms with van der Waals surface area (Å²) in [5.74, 6) is -0.758. The van der Waals surface area contributed by atoms with Crippen LogP contribution in [-0.4, -0.2) is 36.5 Å². The highest BCUT2D eigenvalue weighted by Crippen LogP contribution is 2.60. The van der Waals surface area contributed by atoms with Gasteiger partial charge >= 0.3 is 0 Å². The van der Waals surface area contributed by atoms with Gasteiger partial charge in [0.05, 0.1) is 13.2 Å². The van der Waals surface area contributed by atoms with Gasteiger partial charge in [-0.1, -0.05) is 97.1 Å².